The molecule has 1 aromatic carbocycles. The Kier molecular flexibility index (Phi) is 5.36. The molecule has 19 heavy (non-hydrogen) atoms. The summed E-state index contributed by atoms with van der Waals surface area (Å²) in [5.41, 5.74) is 1.24. The first-order valence-electron chi connectivity index (χ1n) is 6.96. The molecule has 1 fully saturated rings. The molecule has 0 aliphatic heterocycles. The van der Waals surface area contributed by atoms with Gasteiger partial charge in [0.15, 0.2) is 0 Å². The maximum atomic E-state index is 11.8. The first kappa shape index (κ1) is 14.5. The van der Waals surface area contributed by atoms with Crippen LogP contribution < -0.4 is 9.44 Å². The zero-order chi connectivity index (χ0) is 13.6. The van der Waals surface area contributed by atoms with Crippen LogP contribution in [0.5, 0.6) is 0 Å². The standard InChI is InChI=1S/C14H22N2O2S/c17-19(18,16-14-10-4-5-11-14)15-12-6-9-13-7-2-1-3-8-13/h1-3,7-8,14-16H,4-6,9-12H2. The fraction of sp³-hybridized carbons (Fsp3) is 0.571. The molecule has 0 saturated heterocycles. The molecule has 0 bridgehead atoms. The molecule has 1 aromatic rings. The molecule has 4 nitrogen and oxygen atoms in total. The maximum Gasteiger partial charge on any atom is 0.277 e. The summed E-state index contributed by atoms with van der Waals surface area (Å²) in [5, 5.41) is 0. The van der Waals surface area contributed by atoms with Gasteiger partial charge in [0.2, 0.25) is 0 Å². The summed E-state index contributed by atoms with van der Waals surface area (Å²) in [7, 11) is -3.32. The predicted octanol–water partition coefficient (Wildman–Crippen LogP) is 1.99. The smallest absolute Gasteiger partial charge is 0.202 e. The van der Waals surface area contributed by atoms with Gasteiger partial charge in [0.05, 0.1) is 0 Å². The summed E-state index contributed by atoms with van der Waals surface area (Å²) in [6.07, 6.45) is 5.89. The number of hydrogen-bond donors (Lipinski definition) is 2. The van der Waals surface area contributed by atoms with E-state index in [0.29, 0.717) is 6.54 Å². The minimum Gasteiger partial charge on any atom is -0.202 e. The van der Waals surface area contributed by atoms with Crippen LogP contribution in [0.2, 0.25) is 0 Å². The van der Waals surface area contributed by atoms with Crippen LogP contribution in [-0.4, -0.2) is 21.0 Å². The van der Waals surface area contributed by atoms with Crippen LogP contribution in [0.1, 0.15) is 37.7 Å². The molecule has 1 aliphatic rings. The predicted molar refractivity (Wildman–Crippen MR) is 77.1 cm³/mol. The normalized spacial score (nSPS) is 16.8. The van der Waals surface area contributed by atoms with E-state index in [4.69, 9.17) is 0 Å². The lowest BCUT2D eigenvalue weighted by molar-refractivity contribution is 0.537. The molecule has 0 spiro atoms. The van der Waals surface area contributed by atoms with Crippen molar-refractivity contribution < 1.29 is 8.42 Å². The van der Waals surface area contributed by atoms with Crippen LogP contribution in [0.15, 0.2) is 30.3 Å². The summed E-state index contributed by atoms with van der Waals surface area (Å²) in [6.45, 7) is 0.483. The van der Waals surface area contributed by atoms with E-state index in [1.165, 1.54) is 5.56 Å². The molecule has 0 unspecified atom stereocenters. The molecule has 5 heteroatoms. The summed E-state index contributed by atoms with van der Waals surface area (Å²) in [5.74, 6) is 0. The molecule has 0 aromatic heterocycles. The number of nitrogens with one attached hydrogen (secondary N) is 2. The lowest BCUT2D eigenvalue weighted by Gasteiger charge is -2.13. The van der Waals surface area contributed by atoms with Crippen LogP contribution in [-0.2, 0) is 16.6 Å². The molecular formula is C14H22N2O2S. The van der Waals surface area contributed by atoms with Crippen molar-refractivity contribution in [2.45, 2.75) is 44.6 Å². The summed E-state index contributed by atoms with van der Waals surface area (Å²) < 4.78 is 28.9. The van der Waals surface area contributed by atoms with Crippen LogP contribution in [0, 0.1) is 0 Å². The Balaban J connectivity index is 1.66. The molecule has 1 aliphatic carbocycles. The van der Waals surface area contributed by atoms with E-state index < -0.39 is 10.2 Å². The van der Waals surface area contributed by atoms with E-state index >= 15 is 0 Å². The van der Waals surface area contributed by atoms with Gasteiger partial charge in [0.25, 0.3) is 10.2 Å². The first-order valence-corrected chi connectivity index (χ1v) is 8.45. The Hall–Kier alpha value is -0.910. The van der Waals surface area contributed by atoms with Gasteiger partial charge in [-0.1, -0.05) is 43.2 Å². The lowest BCUT2D eigenvalue weighted by Crippen LogP contribution is -2.42. The number of hydrogen-bond acceptors (Lipinski definition) is 2. The van der Waals surface area contributed by atoms with Gasteiger partial charge in [-0.15, -0.1) is 0 Å². The zero-order valence-corrected chi connectivity index (χ0v) is 12.0. The third kappa shape index (κ3) is 5.30. The summed E-state index contributed by atoms with van der Waals surface area (Å²) >= 11 is 0. The van der Waals surface area contributed by atoms with Crippen molar-refractivity contribution in [2.24, 2.45) is 0 Å². The number of benzene rings is 1. The molecule has 1 saturated carbocycles. The molecular weight excluding hydrogens is 260 g/mol. The first-order chi connectivity index (χ1) is 9.16. The van der Waals surface area contributed by atoms with Crippen molar-refractivity contribution in [2.75, 3.05) is 6.54 Å². The molecule has 2 N–H and O–H groups in total. The topological polar surface area (TPSA) is 58.2 Å². The largest absolute Gasteiger partial charge is 0.277 e. The monoisotopic (exact) mass is 282 g/mol. The highest BCUT2D eigenvalue weighted by Crippen LogP contribution is 2.17. The zero-order valence-electron chi connectivity index (χ0n) is 11.1. The molecule has 0 atom stereocenters. The van der Waals surface area contributed by atoms with Crippen LogP contribution in [0.25, 0.3) is 0 Å². The van der Waals surface area contributed by atoms with Crippen LogP contribution >= 0.6 is 0 Å². The van der Waals surface area contributed by atoms with Gasteiger partial charge in [-0.3, -0.25) is 0 Å². The van der Waals surface area contributed by atoms with Crippen LogP contribution in [0.4, 0.5) is 0 Å². The van der Waals surface area contributed by atoms with Gasteiger partial charge in [0, 0.05) is 12.6 Å². The van der Waals surface area contributed by atoms with E-state index in [1.807, 2.05) is 18.2 Å². The Morgan fingerprint density at radius 1 is 1.11 bits per heavy atom. The fourth-order valence-corrected chi connectivity index (χ4v) is 3.62. The quantitative estimate of drug-likeness (QED) is 0.751. The molecule has 106 valence electrons. The molecule has 0 amide bonds. The number of rotatable bonds is 7. The van der Waals surface area contributed by atoms with E-state index in [0.717, 1.165) is 38.5 Å². The van der Waals surface area contributed by atoms with Crippen LogP contribution in [0.3, 0.4) is 0 Å². The average molecular weight is 282 g/mol. The van der Waals surface area contributed by atoms with Crippen molar-refractivity contribution in [3.63, 3.8) is 0 Å². The van der Waals surface area contributed by atoms with E-state index in [-0.39, 0.29) is 6.04 Å². The van der Waals surface area contributed by atoms with Gasteiger partial charge in [-0.2, -0.15) is 13.1 Å². The Labute approximate surface area is 115 Å². The Morgan fingerprint density at radius 3 is 2.47 bits per heavy atom. The fourth-order valence-electron chi connectivity index (χ4n) is 2.45. The minimum absolute atomic E-state index is 0.131. The van der Waals surface area contributed by atoms with Crippen molar-refractivity contribution in [3.8, 4) is 0 Å². The maximum absolute atomic E-state index is 11.8. The third-order valence-corrected chi connectivity index (χ3v) is 4.68. The lowest BCUT2D eigenvalue weighted by atomic mass is 10.1. The van der Waals surface area contributed by atoms with Crippen molar-refractivity contribution in [1.29, 1.82) is 0 Å². The Morgan fingerprint density at radius 2 is 1.79 bits per heavy atom. The molecule has 0 heterocycles. The SMILES string of the molecule is O=S(=O)(NCCCc1ccccc1)NC1CCCC1. The van der Waals surface area contributed by atoms with E-state index in [1.54, 1.807) is 0 Å². The summed E-state index contributed by atoms with van der Waals surface area (Å²) in [6, 6.07) is 10.2. The molecule has 0 radical (unpaired) electrons. The highest BCUT2D eigenvalue weighted by Gasteiger charge is 2.20. The van der Waals surface area contributed by atoms with Gasteiger partial charge in [-0.25, -0.2) is 4.72 Å². The van der Waals surface area contributed by atoms with Crippen molar-refractivity contribution >= 4 is 10.2 Å². The molecule has 2 rings (SSSR count). The van der Waals surface area contributed by atoms with Crippen molar-refractivity contribution in [1.82, 2.24) is 9.44 Å². The van der Waals surface area contributed by atoms with Gasteiger partial charge < -0.3 is 0 Å². The Bertz CT molecular complexity index is 467. The third-order valence-electron chi connectivity index (χ3n) is 3.45. The highest BCUT2D eigenvalue weighted by atomic mass is 32.2. The number of aryl methyl sites for hydroxylation is 1. The second-order valence-corrected chi connectivity index (χ2v) is 6.62. The van der Waals surface area contributed by atoms with E-state index in [2.05, 4.69) is 21.6 Å². The highest BCUT2D eigenvalue weighted by molar-refractivity contribution is 7.87. The second kappa shape index (κ2) is 7.03. The average Bonchev–Trinajstić information content (AvgIpc) is 2.88. The van der Waals surface area contributed by atoms with Gasteiger partial charge >= 0.3 is 0 Å². The minimum atomic E-state index is -3.32. The van der Waals surface area contributed by atoms with Gasteiger partial charge in [-0.05, 0) is 31.2 Å². The second-order valence-electron chi connectivity index (χ2n) is 5.09. The van der Waals surface area contributed by atoms with E-state index in [9.17, 15) is 8.42 Å². The van der Waals surface area contributed by atoms with Crippen molar-refractivity contribution in [3.05, 3.63) is 35.9 Å². The summed E-state index contributed by atoms with van der Waals surface area (Å²) in [4.78, 5) is 0. The van der Waals surface area contributed by atoms with Gasteiger partial charge in [0.1, 0.15) is 0 Å².